The molecular formula is C21H17N3O3S. The molecule has 6 nitrogen and oxygen atoms in total. The number of hydrogen-bond donors (Lipinski definition) is 2. The molecule has 1 heterocycles. The molecule has 140 valence electrons. The lowest BCUT2D eigenvalue weighted by Crippen LogP contribution is -2.24. The molecule has 4 aromatic rings. The lowest BCUT2D eigenvalue weighted by Gasteiger charge is -2.12. The quantitative estimate of drug-likeness (QED) is 0.509. The zero-order valence-corrected chi connectivity index (χ0v) is 15.6. The van der Waals surface area contributed by atoms with Crippen molar-refractivity contribution in [3.63, 3.8) is 0 Å². The number of hydrogen-bond acceptors (Lipinski definition) is 3. The summed E-state index contributed by atoms with van der Waals surface area (Å²) in [5.74, 6) is 0. The molecule has 2 N–H and O–H groups in total. The summed E-state index contributed by atoms with van der Waals surface area (Å²) in [5, 5.41) is 6.00. The van der Waals surface area contributed by atoms with Crippen LogP contribution in [-0.2, 0) is 17.8 Å². The number of rotatable bonds is 5. The first kappa shape index (κ1) is 18.1. The van der Waals surface area contributed by atoms with E-state index in [0.717, 1.165) is 16.5 Å². The zero-order chi connectivity index (χ0) is 19.5. The Bertz CT molecular complexity index is 1210. The Labute approximate surface area is 163 Å². The van der Waals surface area contributed by atoms with E-state index in [4.69, 9.17) is 4.55 Å². The van der Waals surface area contributed by atoms with Gasteiger partial charge in [-0.05, 0) is 23.8 Å². The molecule has 28 heavy (non-hydrogen) atoms. The van der Waals surface area contributed by atoms with E-state index >= 15 is 0 Å². The average Bonchev–Trinajstić information content (AvgIpc) is 2.71. The Kier molecular flexibility index (Phi) is 5.01. The van der Waals surface area contributed by atoms with Crippen LogP contribution in [-0.4, -0.2) is 18.5 Å². The van der Waals surface area contributed by atoms with Gasteiger partial charge in [-0.3, -0.25) is 14.1 Å². The second-order valence-electron chi connectivity index (χ2n) is 6.27. The van der Waals surface area contributed by atoms with Crippen molar-refractivity contribution in [3.05, 3.63) is 94.8 Å². The fourth-order valence-corrected chi connectivity index (χ4v) is 3.45. The Balaban J connectivity index is 1.84. The second kappa shape index (κ2) is 7.75. The summed E-state index contributed by atoms with van der Waals surface area (Å²) in [6.07, 6.45) is 0. The number of nitrogens with one attached hydrogen (secondary N) is 1. The van der Waals surface area contributed by atoms with Crippen LogP contribution in [0.4, 0.5) is 5.69 Å². The third-order valence-corrected chi connectivity index (χ3v) is 4.82. The topological polar surface area (TPSA) is 84.2 Å². The van der Waals surface area contributed by atoms with Crippen molar-refractivity contribution in [3.8, 4) is 11.3 Å². The summed E-state index contributed by atoms with van der Waals surface area (Å²) >= 11 is -2.13. The molecule has 0 aliphatic carbocycles. The van der Waals surface area contributed by atoms with Gasteiger partial charge in [0.2, 0.25) is 0 Å². The summed E-state index contributed by atoms with van der Waals surface area (Å²) < 4.78 is 23.8. The summed E-state index contributed by atoms with van der Waals surface area (Å²) in [6, 6.07) is 24.1. The van der Waals surface area contributed by atoms with Crippen molar-refractivity contribution in [1.82, 2.24) is 9.78 Å². The third kappa shape index (κ3) is 3.71. The van der Waals surface area contributed by atoms with Gasteiger partial charge < -0.3 is 0 Å². The smallest absolute Gasteiger partial charge is 0.274 e. The van der Waals surface area contributed by atoms with Gasteiger partial charge in [0, 0.05) is 16.6 Å². The first-order valence-electron chi connectivity index (χ1n) is 8.63. The van der Waals surface area contributed by atoms with Gasteiger partial charge in [0.25, 0.3) is 16.8 Å². The van der Waals surface area contributed by atoms with Gasteiger partial charge in [-0.25, -0.2) is 8.89 Å². The zero-order valence-electron chi connectivity index (χ0n) is 14.8. The number of aromatic nitrogens is 2. The maximum absolute atomic E-state index is 12.9. The summed E-state index contributed by atoms with van der Waals surface area (Å²) in [4.78, 5) is 12.9. The van der Waals surface area contributed by atoms with Crippen molar-refractivity contribution in [1.29, 1.82) is 0 Å². The van der Waals surface area contributed by atoms with Crippen LogP contribution in [0.15, 0.2) is 83.7 Å². The Morgan fingerprint density at radius 1 is 0.893 bits per heavy atom. The molecule has 4 rings (SSSR count). The monoisotopic (exact) mass is 391 g/mol. The van der Waals surface area contributed by atoms with E-state index in [9.17, 15) is 9.00 Å². The van der Waals surface area contributed by atoms with Gasteiger partial charge in [-0.15, -0.1) is 0 Å². The number of anilines is 1. The lowest BCUT2D eigenvalue weighted by atomic mass is 10.0. The largest absolute Gasteiger partial charge is 0.289 e. The summed E-state index contributed by atoms with van der Waals surface area (Å²) in [7, 11) is 0. The predicted molar refractivity (Wildman–Crippen MR) is 111 cm³/mol. The average molecular weight is 391 g/mol. The summed E-state index contributed by atoms with van der Waals surface area (Å²) in [6.45, 7) is 0.376. The van der Waals surface area contributed by atoms with Crippen molar-refractivity contribution >= 4 is 27.7 Å². The number of benzene rings is 3. The first-order valence-corrected chi connectivity index (χ1v) is 9.74. The minimum absolute atomic E-state index is 0.142. The number of fused-ring (bicyclic) bond motifs is 1. The maximum atomic E-state index is 12.9. The normalized spacial score (nSPS) is 12.0. The Hall–Kier alpha value is -3.29. The van der Waals surface area contributed by atoms with E-state index in [-0.39, 0.29) is 5.56 Å². The van der Waals surface area contributed by atoms with Gasteiger partial charge in [0.1, 0.15) is 0 Å². The summed E-state index contributed by atoms with van der Waals surface area (Å²) in [5.41, 5.74) is 2.86. The molecule has 0 radical (unpaired) electrons. The van der Waals surface area contributed by atoms with Crippen LogP contribution >= 0.6 is 0 Å². The molecule has 1 aromatic heterocycles. The predicted octanol–water partition coefficient (Wildman–Crippen LogP) is 3.66. The molecule has 0 aliphatic rings. The van der Waals surface area contributed by atoms with Crippen LogP contribution < -0.4 is 10.3 Å². The minimum Gasteiger partial charge on any atom is -0.289 e. The fourth-order valence-electron chi connectivity index (χ4n) is 3.11. The van der Waals surface area contributed by atoms with E-state index in [1.165, 1.54) is 4.68 Å². The molecule has 0 saturated heterocycles. The van der Waals surface area contributed by atoms with Crippen molar-refractivity contribution in [2.75, 3.05) is 4.72 Å². The molecule has 7 heteroatoms. The van der Waals surface area contributed by atoms with Crippen LogP contribution in [0, 0.1) is 0 Å². The molecule has 3 aromatic carbocycles. The van der Waals surface area contributed by atoms with Crippen LogP contribution in [0.2, 0.25) is 0 Å². The standard InChI is InChI=1S/C21H17N3O3S/c25-21-19-9-5-4-8-18(19)20(16-10-12-17(13-11-16)23-28(26)27)22-24(21)14-15-6-2-1-3-7-15/h1-13,23H,14H2,(H,26,27). The second-order valence-corrected chi connectivity index (χ2v) is 6.97. The molecule has 0 bridgehead atoms. The molecule has 0 spiro atoms. The van der Waals surface area contributed by atoms with Crippen molar-refractivity contribution < 1.29 is 8.76 Å². The molecule has 1 unspecified atom stereocenters. The third-order valence-electron chi connectivity index (χ3n) is 4.41. The molecule has 0 fully saturated rings. The first-order chi connectivity index (χ1) is 13.6. The SMILES string of the molecule is O=c1c2ccccc2c(-c2ccc(NS(=O)O)cc2)nn1Cc1ccccc1. The number of nitrogens with zero attached hydrogens (tertiary/aromatic N) is 2. The van der Waals surface area contributed by atoms with Crippen LogP contribution in [0.3, 0.4) is 0 Å². The molecule has 0 amide bonds. The van der Waals surface area contributed by atoms with Crippen molar-refractivity contribution in [2.24, 2.45) is 0 Å². The molecule has 0 saturated carbocycles. The Morgan fingerprint density at radius 3 is 2.21 bits per heavy atom. The van der Waals surface area contributed by atoms with Gasteiger partial charge in [0.15, 0.2) is 0 Å². The van der Waals surface area contributed by atoms with Gasteiger partial charge in [-0.2, -0.15) is 5.10 Å². The van der Waals surface area contributed by atoms with Gasteiger partial charge in [0.05, 0.1) is 17.6 Å². The molecule has 1 atom stereocenters. The van der Waals surface area contributed by atoms with Crippen LogP contribution in [0.1, 0.15) is 5.56 Å². The van der Waals surface area contributed by atoms with Gasteiger partial charge >= 0.3 is 0 Å². The maximum Gasteiger partial charge on any atom is 0.274 e. The molecular weight excluding hydrogens is 374 g/mol. The van der Waals surface area contributed by atoms with E-state index < -0.39 is 11.3 Å². The van der Waals surface area contributed by atoms with Crippen LogP contribution in [0.25, 0.3) is 22.0 Å². The van der Waals surface area contributed by atoms with E-state index in [1.807, 2.05) is 48.5 Å². The van der Waals surface area contributed by atoms with E-state index in [2.05, 4.69) is 9.82 Å². The van der Waals surface area contributed by atoms with Crippen molar-refractivity contribution in [2.45, 2.75) is 6.54 Å². The highest BCUT2D eigenvalue weighted by Crippen LogP contribution is 2.26. The van der Waals surface area contributed by atoms with Gasteiger partial charge in [-0.1, -0.05) is 60.7 Å². The minimum atomic E-state index is -2.13. The fraction of sp³-hybridized carbons (Fsp3) is 0.0476. The van der Waals surface area contributed by atoms with Crippen LogP contribution in [0.5, 0.6) is 0 Å². The Morgan fingerprint density at radius 2 is 1.54 bits per heavy atom. The highest BCUT2D eigenvalue weighted by atomic mass is 32.2. The lowest BCUT2D eigenvalue weighted by molar-refractivity contribution is 0.570. The highest BCUT2D eigenvalue weighted by molar-refractivity contribution is 7.80. The highest BCUT2D eigenvalue weighted by Gasteiger charge is 2.12. The van der Waals surface area contributed by atoms with E-state index in [0.29, 0.717) is 23.3 Å². The van der Waals surface area contributed by atoms with E-state index in [1.54, 1.807) is 30.3 Å². The molecule has 0 aliphatic heterocycles.